The van der Waals surface area contributed by atoms with Crippen molar-refractivity contribution in [3.63, 3.8) is 0 Å². The SMILES string of the molecule is COC(=O)[C@H](C[C@@H]1CCNC1=O)NC(=O)[C@@H]1[C@@H]2[C@H](CN1C(=O)[C@H](C)c1ccccc1)C2(C)C. The second-order valence-corrected chi connectivity index (χ2v) is 10.1. The molecule has 2 saturated heterocycles. The number of esters is 1. The third-order valence-corrected chi connectivity index (χ3v) is 7.92. The Morgan fingerprint density at radius 2 is 1.94 bits per heavy atom. The van der Waals surface area contributed by atoms with Crippen LogP contribution in [-0.2, 0) is 23.9 Å². The fraction of sp³-hybridized carbons (Fsp3) is 0.600. The first-order valence-corrected chi connectivity index (χ1v) is 11.7. The molecule has 3 amide bonds. The number of ether oxygens (including phenoxy) is 1. The van der Waals surface area contributed by atoms with Gasteiger partial charge in [0.25, 0.3) is 0 Å². The monoisotopic (exact) mass is 455 g/mol. The molecule has 8 nitrogen and oxygen atoms in total. The van der Waals surface area contributed by atoms with E-state index in [2.05, 4.69) is 24.5 Å². The van der Waals surface area contributed by atoms with E-state index in [0.29, 0.717) is 19.5 Å². The summed E-state index contributed by atoms with van der Waals surface area (Å²) in [5.41, 5.74) is 0.863. The number of nitrogens with zero attached hydrogens (tertiary/aromatic N) is 1. The number of amides is 3. The molecule has 1 saturated carbocycles. The average molecular weight is 456 g/mol. The second-order valence-electron chi connectivity index (χ2n) is 10.1. The highest BCUT2D eigenvalue weighted by molar-refractivity contribution is 5.94. The van der Waals surface area contributed by atoms with Crippen molar-refractivity contribution in [3.8, 4) is 0 Å². The van der Waals surface area contributed by atoms with Gasteiger partial charge in [-0.1, -0.05) is 44.2 Å². The largest absolute Gasteiger partial charge is 0.467 e. The molecule has 178 valence electrons. The fourth-order valence-electron chi connectivity index (χ4n) is 5.71. The van der Waals surface area contributed by atoms with Crippen molar-refractivity contribution in [2.75, 3.05) is 20.2 Å². The Morgan fingerprint density at radius 3 is 2.55 bits per heavy atom. The molecular formula is C25H33N3O5. The van der Waals surface area contributed by atoms with Gasteiger partial charge in [-0.3, -0.25) is 14.4 Å². The van der Waals surface area contributed by atoms with Gasteiger partial charge in [-0.25, -0.2) is 4.79 Å². The van der Waals surface area contributed by atoms with Gasteiger partial charge in [0, 0.05) is 19.0 Å². The molecule has 0 unspecified atom stereocenters. The summed E-state index contributed by atoms with van der Waals surface area (Å²) in [5, 5.41) is 5.59. The van der Waals surface area contributed by atoms with Crippen LogP contribution >= 0.6 is 0 Å². The fourth-order valence-corrected chi connectivity index (χ4v) is 5.71. The zero-order chi connectivity index (χ0) is 23.9. The van der Waals surface area contributed by atoms with Gasteiger partial charge in [-0.05, 0) is 42.6 Å². The van der Waals surface area contributed by atoms with Gasteiger partial charge >= 0.3 is 5.97 Å². The molecule has 0 radical (unpaired) electrons. The normalized spacial score (nSPS) is 29.0. The molecule has 1 aromatic rings. The number of carbonyl (C=O) groups is 4. The lowest BCUT2D eigenvalue weighted by Crippen LogP contribution is -2.54. The maximum atomic E-state index is 13.5. The van der Waals surface area contributed by atoms with Crippen molar-refractivity contribution < 1.29 is 23.9 Å². The van der Waals surface area contributed by atoms with E-state index >= 15 is 0 Å². The van der Waals surface area contributed by atoms with E-state index in [1.54, 1.807) is 4.90 Å². The Kier molecular flexibility index (Phi) is 6.20. The summed E-state index contributed by atoms with van der Waals surface area (Å²) < 4.78 is 4.90. The van der Waals surface area contributed by atoms with Crippen molar-refractivity contribution >= 4 is 23.7 Å². The molecule has 8 heteroatoms. The van der Waals surface area contributed by atoms with Gasteiger partial charge in [0.1, 0.15) is 12.1 Å². The van der Waals surface area contributed by atoms with Gasteiger partial charge in [0.15, 0.2) is 0 Å². The highest BCUT2D eigenvalue weighted by atomic mass is 16.5. The summed E-state index contributed by atoms with van der Waals surface area (Å²) >= 11 is 0. The van der Waals surface area contributed by atoms with E-state index in [9.17, 15) is 19.2 Å². The average Bonchev–Trinajstić information content (AvgIpc) is 3.16. The summed E-state index contributed by atoms with van der Waals surface area (Å²) in [6.07, 6.45) is 0.797. The number of hydrogen-bond acceptors (Lipinski definition) is 5. The molecule has 33 heavy (non-hydrogen) atoms. The van der Waals surface area contributed by atoms with Gasteiger partial charge in [0.05, 0.1) is 13.0 Å². The first kappa shape index (κ1) is 23.3. The molecular weight excluding hydrogens is 422 g/mol. The quantitative estimate of drug-likeness (QED) is 0.606. The van der Waals surface area contributed by atoms with Crippen LogP contribution in [0.2, 0.25) is 0 Å². The lowest BCUT2D eigenvalue weighted by molar-refractivity contribution is -0.147. The van der Waals surface area contributed by atoms with Crippen LogP contribution in [0.15, 0.2) is 30.3 Å². The van der Waals surface area contributed by atoms with Crippen molar-refractivity contribution in [3.05, 3.63) is 35.9 Å². The van der Waals surface area contributed by atoms with E-state index in [0.717, 1.165) is 5.56 Å². The molecule has 0 aromatic heterocycles. The van der Waals surface area contributed by atoms with Crippen LogP contribution in [0.4, 0.5) is 0 Å². The van der Waals surface area contributed by atoms with Gasteiger partial charge in [0.2, 0.25) is 17.7 Å². The first-order chi connectivity index (χ1) is 15.7. The van der Waals surface area contributed by atoms with E-state index in [1.165, 1.54) is 7.11 Å². The van der Waals surface area contributed by atoms with Crippen molar-refractivity contribution in [1.82, 2.24) is 15.5 Å². The van der Waals surface area contributed by atoms with E-state index < -0.39 is 18.1 Å². The van der Waals surface area contributed by atoms with Gasteiger partial charge in [-0.2, -0.15) is 0 Å². The summed E-state index contributed by atoms with van der Waals surface area (Å²) in [7, 11) is 1.27. The number of hydrogen-bond donors (Lipinski definition) is 2. The predicted molar refractivity (Wildman–Crippen MR) is 121 cm³/mol. The molecule has 3 aliphatic rings. The highest BCUT2D eigenvalue weighted by Crippen LogP contribution is 2.65. The van der Waals surface area contributed by atoms with Crippen LogP contribution in [-0.4, -0.2) is 60.9 Å². The molecule has 2 N–H and O–H groups in total. The summed E-state index contributed by atoms with van der Waals surface area (Å²) in [6.45, 7) is 7.18. The lowest BCUT2D eigenvalue weighted by Gasteiger charge is -2.33. The molecule has 0 bridgehead atoms. The number of rotatable bonds is 7. The number of benzene rings is 1. The van der Waals surface area contributed by atoms with Crippen LogP contribution in [0.5, 0.6) is 0 Å². The minimum atomic E-state index is -0.930. The number of likely N-dealkylation sites (tertiary alicyclic amines) is 1. The summed E-state index contributed by atoms with van der Waals surface area (Å²) in [5.74, 6) is -1.57. The van der Waals surface area contributed by atoms with Crippen LogP contribution in [0.25, 0.3) is 0 Å². The summed E-state index contributed by atoms with van der Waals surface area (Å²) in [4.78, 5) is 53.1. The first-order valence-electron chi connectivity index (χ1n) is 11.7. The molecule has 3 fully saturated rings. The maximum absolute atomic E-state index is 13.5. The third kappa shape index (κ3) is 4.23. The molecule has 6 atom stereocenters. The topological polar surface area (TPSA) is 105 Å². The Balaban J connectivity index is 1.52. The third-order valence-electron chi connectivity index (χ3n) is 7.92. The van der Waals surface area contributed by atoms with E-state index in [1.807, 2.05) is 37.3 Å². The van der Waals surface area contributed by atoms with Crippen molar-refractivity contribution in [2.24, 2.45) is 23.2 Å². The minimum Gasteiger partial charge on any atom is -0.467 e. The Morgan fingerprint density at radius 1 is 1.24 bits per heavy atom. The number of nitrogens with one attached hydrogen (secondary N) is 2. The van der Waals surface area contributed by atoms with Gasteiger partial charge in [-0.15, -0.1) is 0 Å². The summed E-state index contributed by atoms with van der Waals surface area (Å²) in [6, 6.07) is 7.95. The smallest absolute Gasteiger partial charge is 0.328 e. The number of carbonyl (C=O) groups excluding carboxylic acids is 4. The van der Waals surface area contributed by atoms with E-state index in [-0.39, 0.29) is 53.2 Å². The highest BCUT2D eigenvalue weighted by Gasteiger charge is 2.69. The van der Waals surface area contributed by atoms with Crippen molar-refractivity contribution in [1.29, 1.82) is 0 Å². The predicted octanol–water partition coefficient (Wildman–Crippen LogP) is 1.46. The molecule has 1 aromatic carbocycles. The van der Waals surface area contributed by atoms with Crippen LogP contribution in [0.1, 0.15) is 45.1 Å². The lowest BCUT2D eigenvalue weighted by atomic mass is 9.95. The standard InChI is InChI=1S/C25H33N3O5/c1-14(15-8-6-5-7-9-15)23(31)28-13-17-19(25(17,2)3)20(28)22(30)27-18(24(32)33-4)12-16-10-11-26-21(16)29/h5-9,14,16-20H,10-13H2,1-4H3,(H,26,29)(H,27,30)/t14-,16+,17+,18+,19+,20+/m1/s1. The number of piperidine rings is 1. The number of fused-ring (bicyclic) bond motifs is 1. The van der Waals surface area contributed by atoms with Crippen LogP contribution < -0.4 is 10.6 Å². The van der Waals surface area contributed by atoms with Crippen LogP contribution in [0, 0.1) is 23.2 Å². The Bertz CT molecular complexity index is 947. The molecule has 2 heterocycles. The zero-order valence-corrected chi connectivity index (χ0v) is 19.7. The molecule has 2 aliphatic heterocycles. The van der Waals surface area contributed by atoms with Crippen LogP contribution in [0.3, 0.4) is 0 Å². The molecule has 0 spiro atoms. The zero-order valence-electron chi connectivity index (χ0n) is 19.7. The Labute approximate surface area is 194 Å². The maximum Gasteiger partial charge on any atom is 0.328 e. The second kappa shape index (κ2) is 8.80. The molecule has 1 aliphatic carbocycles. The number of methoxy groups -OCH3 is 1. The molecule has 4 rings (SSSR count). The Hall–Kier alpha value is -2.90. The minimum absolute atomic E-state index is 0.0394. The van der Waals surface area contributed by atoms with Gasteiger partial charge < -0.3 is 20.3 Å². The van der Waals surface area contributed by atoms with E-state index in [4.69, 9.17) is 4.74 Å². The van der Waals surface area contributed by atoms with Crippen molar-refractivity contribution in [2.45, 2.75) is 51.6 Å².